The fourth-order valence-electron chi connectivity index (χ4n) is 2.02. The van der Waals surface area contributed by atoms with Crippen LogP contribution in [0.2, 0.25) is 0 Å². The number of rotatable bonds is 7. The Morgan fingerprint density at radius 3 is 2.50 bits per heavy atom. The largest absolute Gasteiger partial charge is 0.493 e. The van der Waals surface area contributed by atoms with Crippen LogP contribution in [0.4, 0.5) is 0 Å². The molecule has 0 amide bonds. The smallest absolute Gasteiger partial charge is 0.353 e. The minimum atomic E-state index is -1.96. The summed E-state index contributed by atoms with van der Waals surface area (Å²) in [6, 6.07) is 0. The fraction of sp³-hybridized carbons (Fsp3) is 0.583. The number of ether oxygens (including phenoxy) is 1. The van der Waals surface area contributed by atoms with E-state index in [0.29, 0.717) is 0 Å². The normalized spacial score (nSPS) is 25.0. The molecule has 10 heteroatoms. The molecular weight excluding hydrogens is 300 g/mol. The van der Waals surface area contributed by atoms with Crippen LogP contribution in [-0.2, 0) is 14.3 Å². The fourth-order valence-corrected chi connectivity index (χ4v) is 2.02. The van der Waals surface area contributed by atoms with Crippen molar-refractivity contribution < 1.29 is 39.9 Å². The van der Waals surface area contributed by atoms with Crippen LogP contribution in [0, 0.1) is 0 Å². The Morgan fingerprint density at radius 1 is 1.41 bits per heavy atom. The van der Waals surface area contributed by atoms with Gasteiger partial charge in [-0.25, -0.2) is 4.79 Å². The van der Waals surface area contributed by atoms with Gasteiger partial charge >= 0.3 is 11.9 Å². The summed E-state index contributed by atoms with van der Waals surface area (Å²) < 4.78 is 5.06. The van der Waals surface area contributed by atoms with Crippen molar-refractivity contribution in [3.05, 3.63) is 11.5 Å². The molecule has 2 atom stereocenters. The van der Waals surface area contributed by atoms with E-state index in [2.05, 4.69) is 10.3 Å². The quantitative estimate of drug-likeness (QED) is 0.287. The summed E-state index contributed by atoms with van der Waals surface area (Å²) in [4.78, 5) is 25.1. The zero-order valence-corrected chi connectivity index (χ0v) is 11.8. The number of nitrogens with one attached hydrogen (secondary N) is 1. The molecule has 0 saturated carbocycles. The summed E-state index contributed by atoms with van der Waals surface area (Å²) in [7, 11) is 1.25. The van der Waals surface area contributed by atoms with E-state index in [1.807, 2.05) is 0 Å². The van der Waals surface area contributed by atoms with Gasteiger partial charge in [0, 0.05) is 12.8 Å². The van der Waals surface area contributed by atoms with E-state index in [1.165, 1.54) is 7.11 Å². The van der Waals surface area contributed by atoms with Gasteiger partial charge in [0.25, 0.3) is 0 Å². The van der Waals surface area contributed by atoms with E-state index >= 15 is 0 Å². The second-order valence-electron chi connectivity index (χ2n) is 4.79. The zero-order chi connectivity index (χ0) is 16.9. The number of carboxylic acid groups (broad SMARTS) is 2. The first-order chi connectivity index (χ1) is 10.2. The maximum atomic E-state index is 10.7. The van der Waals surface area contributed by atoms with Gasteiger partial charge in [0.05, 0.1) is 30.7 Å². The molecule has 0 bridgehead atoms. The van der Waals surface area contributed by atoms with E-state index in [4.69, 9.17) is 14.9 Å². The zero-order valence-electron chi connectivity index (χ0n) is 11.8. The molecule has 0 aromatic heterocycles. The summed E-state index contributed by atoms with van der Waals surface area (Å²) >= 11 is 0. The van der Waals surface area contributed by atoms with Crippen molar-refractivity contribution in [3.8, 4) is 0 Å². The van der Waals surface area contributed by atoms with Crippen LogP contribution in [0.15, 0.2) is 16.4 Å². The lowest BCUT2D eigenvalue weighted by atomic mass is 9.85. The molecule has 0 spiro atoms. The lowest BCUT2D eigenvalue weighted by Crippen LogP contribution is -2.46. The summed E-state index contributed by atoms with van der Waals surface area (Å²) in [5.41, 5.74) is -1.61. The molecule has 1 rings (SSSR count). The van der Waals surface area contributed by atoms with Gasteiger partial charge in [-0.3, -0.25) is 9.79 Å². The molecule has 0 aromatic carbocycles. The number of nitrogens with zero attached hydrogens (tertiary/aromatic N) is 1. The average molecular weight is 318 g/mol. The molecule has 124 valence electrons. The number of carboxylic acids is 2. The van der Waals surface area contributed by atoms with Crippen LogP contribution in [-0.4, -0.2) is 75.3 Å². The van der Waals surface area contributed by atoms with Crippen LogP contribution < -0.4 is 5.32 Å². The Balaban J connectivity index is 3.21. The Labute approximate surface area is 125 Å². The first kappa shape index (κ1) is 17.9. The van der Waals surface area contributed by atoms with Crippen molar-refractivity contribution in [2.75, 3.05) is 20.3 Å². The molecule has 2 unspecified atom stereocenters. The summed E-state index contributed by atoms with van der Waals surface area (Å²) in [6.45, 7) is -1.25. The molecule has 22 heavy (non-hydrogen) atoms. The third-order valence-corrected chi connectivity index (χ3v) is 2.99. The molecule has 0 heterocycles. The Kier molecular flexibility index (Phi) is 5.85. The Morgan fingerprint density at radius 2 is 2.05 bits per heavy atom. The molecule has 6 N–H and O–H groups in total. The maximum absolute atomic E-state index is 10.7. The van der Waals surface area contributed by atoms with Crippen molar-refractivity contribution >= 4 is 17.7 Å². The van der Waals surface area contributed by atoms with Crippen molar-refractivity contribution in [2.45, 2.75) is 24.7 Å². The average Bonchev–Trinajstić information content (AvgIpc) is 2.44. The first-order valence-corrected chi connectivity index (χ1v) is 6.25. The van der Waals surface area contributed by atoms with E-state index in [9.17, 15) is 24.9 Å². The summed E-state index contributed by atoms with van der Waals surface area (Å²) in [5.74, 6) is -2.73. The van der Waals surface area contributed by atoms with Crippen molar-refractivity contribution in [3.63, 3.8) is 0 Å². The number of carbonyl (C=O) groups is 2. The third-order valence-electron chi connectivity index (χ3n) is 2.99. The van der Waals surface area contributed by atoms with Crippen LogP contribution in [0.3, 0.4) is 0 Å². The van der Waals surface area contributed by atoms with Gasteiger partial charge in [0.2, 0.25) is 6.23 Å². The highest BCUT2D eigenvalue weighted by Crippen LogP contribution is 2.30. The van der Waals surface area contributed by atoms with Gasteiger partial charge in [-0.2, -0.15) is 0 Å². The number of hydrogen-bond donors (Lipinski definition) is 6. The molecule has 1 aliphatic carbocycles. The second kappa shape index (κ2) is 7.20. The lowest BCUT2D eigenvalue weighted by molar-refractivity contribution is -0.148. The lowest BCUT2D eigenvalue weighted by Gasteiger charge is -2.34. The molecule has 1 aliphatic rings. The Bertz CT molecular complexity index is 515. The first-order valence-electron chi connectivity index (χ1n) is 6.25. The number of allylic oxidation sites excluding steroid dienone is 1. The van der Waals surface area contributed by atoms with Gasteiger partial charge in [0.15, 0.2) is 5.76 Å². The molecule has 0 radical (unpaired) electrons. The highest BCUT2D eigenvalue weighted by atomic mass is 16.5. The van der Waals surface area contributed by atoms with E-state index in [0.717, 1.165) is 0 Å². The van der Waals surface area contributed by atoms with Crippen LogP contribution in [0.25, 0.3) is 0 Å². The van der Waals surface area contributed by atoms with Crippen molar-refractivity contribution in [1.29, 1.82) is 0 Å². The number of hydrogen-bond acceptors (Lipinski definition) is 8. The van der Waals surface area contributed by atoms with Crippen molar-refractivity contribution in [2.24, 2.45) is 4.99 Å². The van der Waals surface area contributed by atoms with E-state index in [-0.39, 0.29) is 30.0 Å². The standard InChI is InChI=1S/C12H18N2O8/c1-22-9-6(13-4-8(16)17)2-12(21,5-15)3-7(9)14-10(18)11(19)20/h10,14-15,18,21H,2-5H2,1H3,(H,16,17)(H,19,20). The van der Waals surface area contributed by atoms with E-state index < -0.39 is 36.9 Å². The molecular formula is C12H18N2O8. The monoisotopic (exact) mass is 318 g/mol. The van der Waals surface area contributed by atoms with Gasteiger partial charge in [-0.1, -0.05) is 0 Å². The molecule has 0 aliphatic heterocycles. The predicted molar refractivity (Wildman–Crippen MR) is 72.0 cm³/mol. The molecule has 10 nitrogen and oxygen atoms in total. The van der Waals surface area contributed by atoms with Crippen LogP contribution in [0.5, 0.6) is 0 Å². The van der Waals surface area contributed by atoms with Gasteiger partial charge in [0.1, 0.15) is 6.54 Å². The molecule has 0 saturated heterocycles. The predicted octanol–water partition coefficient (Wildman–Crippen LogP) is -2.12. The number of aliphatic hydroxyl groups excluding tert-OH is 2. The number of methoxy groups -OCH3 is 1. The maximum Gasteiger partial charge on any atom is 0.353 e. The Hall–Kier alpha value is -2.17. The highest BCUT2D eigenvalue weighted by molar-refractivity contribution is 6.01. The number of aliphatic hydroxyl groups is 3. The van der Waals surface area contributed by atoms with Gasteiger partial charge < -0.3 is 35.6 Å². The van der Waals surface area contributed by atoms with Crippen LogP contribution >= 0.6 is 0 Å². The number of aliphatic carboxylic acids is 2. The third kappa shape index (κ3) is 4.41. The molecule has 0 aromatic rings. The minimum Gasteiger partial charge on any atom is -0.493 e. The summed E-state index contributed by atoms with van der Waals surface area (Å²) in [5, 5.41) is 48.5. The van der Waals surface area contributed by atoms with E-state index in [1.54, 1.807) is 0 Å². The molecule has 0 fully saturated rings. The minimum absolute atomic E-state index is 0.00402. The summed E-state index contributed by atoms with van der Waals surface area (Å²) in [6.07, 6.45) is -2.35. The van der Waals surface area contributed by atoms with Gasteiger partial charge in [-0.15, -0.1) is 0 Å². The van der Waals surface area contributed by atoms with Crippen molar-refractivity contribution in [1.82, 2.24) is 5.32 Å². The second-order valence-corrected chi connectivity index (χ2v) is 4.79. The highest BCUT2D eigenvalue weighted by Gasteiger charge is 2.38. The van der Waals surface area contributed by atoms with Gasteiger partial charge in [-0.05, 0) is 0 Å². The SMILES string of the molecule is COC1=C(NC(O)C(=O)O)CC(O)(CO)CC1=NCC(=O)O. The topological polar surface area (TPSA) is 169 Å². The van der Waals surface area contributed by atoms with Crippen LogP contribution in [0.1, 0.15) is 12.8 Å². The number of aliphatic imine (C=N–C) groups is 1.